The molecule has 6 heteroatoms. The average molecular weight is 242 g/mol. The van der Waals surface area contributed by atoms with Crippen molar-refractivity contribution in [3.63, 3.8) is 0 Å². The number of halogens is 1. The van der Waals surface area contributed by atoms with E-state index >= 15 is 0 Å². The number of hydrogen-bond acceptors (Lipinski definition) is 4. The molecule has 16 heavy (non-hydrogen) atoms. The highest BCUT2D eigenvalue weighted by Gasteiger charge is 2.28. The Morgan fingerprint density at radius 2 is 2.38 bits per heavy atom. The van der Waals surface area contributed by atoms with Crippen molar-refractivity contribution >= 4 is 23.3 Å². The highest BCUT2D eigenvalue weighted by Crippen LogP contribution is 2.20. The van der Waals surface area contributed by atoms with Gasteiger partial charge < -0.3 is 10.1 Å². The second kappa shape index (κ2) is 4.76. The molecule has 2 heterocycles. The van der Waals surface area contributed by atoms with Gasteiger partial charge in [-0.1, -0.05) is 11.6 Å². The van der Waals surface area contributed by atoms with E-state index in [2.05, 4.69) is 15.3 Å². The molecule has 2 atom stereocenters. The van der Waals surface area contributed by atoms with E-state index in [-0.39, 0.29) is 17.2 Å². The van der Waals surface area contributed by atoms with Gasteiger partial charge in [-0.25, -0.2) is 4.98 Å². The minimum Gasteiger partial charge on any atom is -0.365 e. The van der Waals surface area contributed by atoms with E-state index in [0.717, 1.165) is 12.8 Å². The third-order valence-electron chi connectivity index (χ3n) is 2.38. The molecule has 2 rings (SSSR count). The van der Waals surface area contributed by atoms with Crippen molar-refractivity contribution in [1.82, 2.24) is 9.97 Å². The number of nitrogens with one attached hydrogen (secondary N) is 1. The lowest BCUT2D eigenvalue weighted by Gasteiger charge is -2.10. The Balaban J connectivity index is 1.97. The monoisotopic (exact) mass is 241 g/mol. The lowest BCUT2D eigenvalue weighted by Crippen LogP contribution is -2.28. The van der Waals surface area contributed by atoms with Crippen LogP contribution in [0.15, 0.2) is 12.4 Å². The van der Waals surface area contributed by atoms with Crippen LogP contribution >= 0.6 is 11.6 Å². The highest BCUT2D eigenvalue weighted by atomic mass is 35.5. The largest absolute Gasteiger partial charge is 0.365 e. The van der Waals surface area contributed by atoms with Crippen molar-refractivity contribution in [2.75, 3.05) is 5.32 Å². The number of carbonyl (C=O) groups excluding carboxylic acids is 1. The molecular formula is C10H12ClN3O2. The topological polar surface area (TPSA) is 64.1 Å². The number of amides is 1. The summed E-state index contributed by atoms with van der Waals surface area (Å²) in [5.41, 5.74) is 0. The first kappa shape index (κ1) is 11.3. The van der Waals surface area contributed by atoms with Gasteiger partial charge in [-0.15, -0.1) is 0 Å². The molecule has 1 aliphatic heterocycles. The maximum atomic E-state index is 11.7. The van der Waals surface area contributed by atoms with E-state index in [4.69, 9.17) is 16.3 Å². The first-order chi connectivity index (χ1) is 7.65. The molecule has 2 unspecified atom stereocenters. The highest BCUT2D eigenvalue weighted by molar-refractivity contribution is 6.29. The summed E-state index contributed by atoms with van der Waals surface area (Å²) in [6.07, 6.45) is 4.24. The summed E-state index contributed by atoms with van der Waals surface area (Å²) >= 11 is 5.65. The standard InChI is InChI=1S/C10H12ClN3O2/c1-6-2-3-7(16-6)10(15)14-9-5-12-4-8(11)13-9/h4-7H,2-3H2,1H3,(H,13,14,15). The van der Waals surface area contributed by atoms with Gasteiger partial charge in [0.15, 0.2) is 5.82 Å². The molecule has 0 spiro atoms. The van der Waals surface area contributed by atoms with Crippen LogP contribution in [0.1, 0.15) is 19.8 Å². The molecule has 0 radical (unpaired) electrons. The molecule has 0 aliphatic carbocycles. The van der Waals surface area contributed by atoms with Gasteiger partial charge in [0.1, 0.15) is 11.3 Å². The smallest absolute Gasteiger partial charge is 0.254 e. The second-order valence-electron chi connectivity index (χ2n) is 3.73. The Morgan fingerprint density at radius 3 is 3.00 bits per heavy atom. The predicted molar refractivity (Wildman–Crippen MR) is 59.2 cm³/mol. The Kier molecular flexibility index (Phi) is 3.36. The van der Waals surface area contributed by atoms with Crippen molar-refractivity contribution in [3.05, 3.63) is 17.5 Å². The zero-order chi connectivity index (χ0) is 11.5. The fourth-order valence-corrected chi connectivity index (χ4v) is 1.75. The van der Waals surface area contributed by atoms with Gasteiger partial charge in [-0.2, -0.15) is 0 Å². The van der Waals surface area contributed by atoms with Crippen molar-refractivity contribution in [2.24, 2.45) is 0 Å². The van der Waals surface area contributed by atoms with Crippen LogP contribution < -0.4 is 5.32 Å². The van der Waals surface area contributed by atoms with Crippen LogP contribution in [0.4, 0.5) is 5.82 Å². The normalized spacial score (nSPS) is 24.4. The molecule has 1 aromatic rings. The van der Waals surface area contributed by atoms with E-state index in [1.165, 1.54) is 12.4 Å². The molecule has 1 N–H and O–H groups in total. The zero-order valence-corrected chi connectivity index (χ0v) is 9.57. The van der Waals surface area contributed by atoms with Crippen molar-refractivity contribution in [3.8, 4) is 0 Å². The molecule has 1 aliphatic rings. The van der Waals surface area contributed by atoms with E-state index in [0.29, 0.717) is 5.82 Å². The lowest BCUT2D eigenvalue weighted by atomic mass is 10.2. The summed E-state index contributed by atoms with van der Waals surface area (Å²) in [6, 6.07) is 0. The Morgan fingerprint density at radius 1 is 1.56 bits per heavy atom. The van der Waals surface area contributed by atoms with Crippen LogP contribution in [0, 0.1) is 0 Å². The van der Waals surface area contributed by atoms with Crippen LogP contribution in [0.2, 0.25) is 5.15 Å². The van der Waals surface area contributed by atoms with Gasteiger partial charge in [-0.05, 0) is 19.8 Å². The summed E-state index contributed by atoms with van der Waals surface area (Å²) in [5.74, 6) is 0.154. The fraction of sp³-hybridized carbons (Fsp3) is 0.500. The fourth-order valence-electron chi connectivity index (χ4n) is 1.60. The van der Waals surface area contributed by atoms with Crippen molar-refractivity contribution in [1.29, 1.82) is 0 Å². The maximum absolute atomic E-state index is 11.7. The molecule has 86 valence electrons. The zero-order valence-electron chi connectivity index (χ0n) is 8.81. The van der Waals surface area contributed by atoms with E-state index < -0.39 is 6.10 Å². The molecule has 1 saturated heterocycles. The first-order valence-electron chi connectivity index (χ1n) is 5.09. The van der Waals surface area contributed by atoms with Crippen LogP contribution in [-0.4, -0.2) is 28.1 Å². The van der Waals surface area contributed by atoms with Gasteiger partial charge in [-0.3, -0.25) is 9.78 Å². The first-order valence-corrected chi connectivity index (χ1v) is 5.47. The number of anilines is 1. The van der Waals surface area contributed by atoms with E-state index in [1.54, 1.807) is 0 Å². The third kappa shape index (κ3) is 2.68. The number of aromatic nitrogens is 2. The van der Waals surface area contributed by atoms with Crippen LogP contribution in [0.3, 0.4) is 0 Å². The average Bonchev–Trinajstić information content (AvgIpc) is 2.65. The number of ether oxygens (including phenoxy) is 1. The van der Waals surface area contributed by atoms with E-state index in [1.807, 2.05) is 6.92 Å². The third-order valence-corrected chi connectivity index (χ3v) is 2.56. The Hall–Kier alpha value is -1.20. The maximum Gasteiger partial charge on any atom is 0.254 e. The number of carbonyl (C=O) groups is 1. The number of nitrogens with zero attached hydrogens (tertiary/aromatic N) is 2. The predicted octanol–water partition coefficient (Wildman–Crippen LogP) is 1.64. The summed E-state index contributed by atoms with van der Waals surface area (Å²) < 4.78 is 5.43. The molecule has 1 amide bonds. The number of rotatable bonds is 2. The van der Waals surface area contributed by atoms with Crippen molar-refractivity contribution < 1.29 is 9.53 Å². The van der Waals surface area contributed by atoms with Gasteiger partial charge >= 0.3 is 0 Å². The lowest BCUT2D eigenvalue weighted by molar-refractivity contribution is -0.126. The molecule has 0 bridgehead atoms. The summed E-state index contributed by atoms with van der Waals surface area (Å²) in [7, 11) is 0. The Bertz CT molecular complexity index is 399. The molecule has 1 fully saturated rings. The van der Waals surface area contributed by atoms with Gasteiger partial charge in [0.2, 0.25) is 0 Å². The molecule has 0 saturated carbocycles. The van der Waals surface area contributed by atoms with E-state index in [9.17, 15) is 4.79 Å². The van der Waals surface area contributed by atoms with Gasteiger partial charge in [0, 0.05) is 0 Å². The molecular weight excluding hydrogens is 230 g/mol. The molecule has 5 nitrogen and oxygen atoms in total. The number of hydrogen-bond donors (Lipinski definition) is 1. The minimum absolute atomic E-state index is 0.140. The molecule has 1 aromatic heterocycles. The Labute approximate surface area is 98.2 Å². The minimum atomic E-state index is -0.393. The van der Waals surface area contributed by atoms with Gasteiger partial charge in [0.25, 0.3) is 5.91 Å². The summed E-state index contributed by atoms with van der Waals surface area (Å²) in [4.78, 5) is 19.5. The quantitative estimate of drug-likeness (QED) is 0.855. The summed E-state index contributed by atoms with van der Waals surface area (Å²) in [6.45, 7) is 1.95. The summed E-state index contributed by atoms with van der Waals surface area (Å²) in [5, 5.41) is 2.87. The SMILES string of the molecule is CC1CCC(C(=O)Nc2cncc(Cl)n2)O1. The van der Waals surface area contributed by atoms with Crippen LogP contribution in [-0.2, 0) is 9.53 Å². The van der Waals surface area contributed by atoms with Crippen molar-refractivity contribution in [2.45, 2.75) is 32.0 Å². The van der Waals surface area contributed by atoms with Crippen LogP contribution in [0.5, 0.6) is 0 Å². The molecule has 0 aromatic carbocycles. The van der Waals surface area contributed by atoms with Crippen LogP contribution in [0.25, 0.3) is 0 Å². The second-order valence-corrected chi connectivity index (χ2v) is 4.12. The van der Waals surface area contributed by atoms with Gasteiger partial charge in [0.05, 0.1) is 18.5 Å².